The first-order valence-corrected chi connectivity index (χ1v) is 7.91. The van der Waals surface area contributed by atoms with Crippen molar-refractivity contribution in [3.8, 4) is 0 Å². The first kappa shape index (κ1) is 14.9. The average Bonchev–Trinajstić information content (AvgIpc) is 2.93. The summed E-state index contributed by atoms with van der Waals surface area (Å²) < 4.78 is 11.1. The molecule has 0 amide bonds. The van der Waals surface area contributed by atoms with Crippen molar-refractivity contribution in [3.63, 3.8) is 0 Å². The fraction of sp³-hybridized carbons (Fsp3) is 0.421. The van der Waals surface area contributed by atoms with E-state index in [2.05, 4.69) is 12.1 Å². The zero-order valence-electron chi connectivity index (χ0n) is 13.2. The maximum Gasteiger partial charge on any atom is 0.333 e. The molecular formula is C19H22O3. The van der Waals surface area contributed by atoms with Crippen LogP contribution in [0.1, 0.15) is 44.3 Å². The van der Waals surface area contributed by atoms with Crippen molar-refractivity contribution in [2.45, 2.75) is 38.7 Å². The van der Waals surface area contributed by atoms with E-state index in [9.17, 15) is 4.79 Å². The molecule has 0 spiro atoms. The quantitative estimate of drug-likeness (QED) is 0.616. The Morgan fingerprint density at radius 2 is 1.95 bits per heavy atom. The minimum Gasteiger partial charge on any atom is -0.489 e. The van der Waals surface area contributed by atoms with Gasteiger partial charge in [-0.2, -0.15) is 0 Å². The molecule has 0 radical (unpaired) electrons. The van der Waals surface area contributed by atoms with Crippen LogP contribution in [0.3, 0.4) is 0 Å². The Morgan fingerprint density at radius 3 is 2.68 bits per heavy atom. The standard InChI is InChI=1S/C19H22O3/c1-13(19(20)21-2)12-16-15-10-6-7-11-17(15)22-18(16)14-8-4-3-5-9-14/h3-5,8-9,12,16,18H,6-7,10-11H2,1-2H3/b13-12+/t16-,18+/m0/s1. The fourth-order valence-corrected chi connectivity index (χ4v) is 3.40. The second-order valence-electron chi connectivity index (χ2n) is 5.97. The Morgan fingerprint density at radius 1 is 1.23 bits per heavy atom. The van der Waals surface area contributed by atoms with E-state index in [0.717, 1.165) is 24.2 Å². The van der Waals surface area contributed by atoms with Crippen LogP contribution in [0.4, 0.5) is 0 Å². The highest BCUT2D eigenvalue weighted by Crippen LogP contribution is 2.47. The summed E-state index contributed by atoms with van der Waals surface area (Å²) in [4.78, 5) is 11.8. The molecule has 0 aromatic heterocycles. The van der Waals surface area contributed by atoms with Crippen molar-refractivity contribution in [2.75, 3.05) is 7.11 Å². The second-order valence-corrected chi connectivity index (χ2v) is 5.97. The van der Waals surface area contributed by atoms with Gasteiger partial charge in [-0.15, -0.1) is 0 Å². The average molecular weight is 298 g/mol. The molecule has 0 saturated carbocycles. The van der Waals surface area contributed by atoms with Gasteiger partial charge in [-0.25, -0.2) is 4.79 Å². The van der Waals surface area contributed by atoms with Gasteiger partial charge < -0.3 is 9.47 Å². The van der Waals surface area contributed by atoms with Crippen molar-refractivity contribution >= 4 is 5.97 Å². The molecule has 1 heterocycles. The monoisotopic (exact) mass is 298 g/mol. The molecule has 1 aliphatic carbocycles. The van der Waals surface area contributed by atoms with Crippen LogP contribution in [0.25, 0.3) is 0 Å². The van der Waals surface area contributed by atoms with Crippen LogP contribution in [-0.4, -0.2) is 13.1 Å². The highest BCUT2D eigenvalue weighted by Gasteiger charge is 2.37. The molecule has 2 aliphatic rings. The Kier molecular flexibility index (Phi) is 4.32. The molecule has 1 aromatic carbocycles. The van der Waals surface area contributed by atoms with Gasteiger partial charge in [0.15, 0.2) is 0 Å². The lowest BCUT2D eigenvalue weighted by molar-refractivity contribution is -0.136. The van der Waals surface area contributed by atoms with Gasteiger partial charge in [-0.1, -0.05) is 36.4 Å². The van der Waals surface area contributed by atoms with E-state index in [4.69, 9.17) is 9.47 Å². The summed E-state index contributed by atoms with van der Waals surface area (Å²) in [6.07, 6.45) is 6.47. The molecule has 0 bridgehead atoms. The minimum absolute atomic E-state index is 0.0242. The van der Waals surface area contributed by atoms with E-state index in [1.165, 1.54) is 25.5 Å². The summed E-state index contributed by atoms with van der Waals surface area (Å²) in [5.74, 6) is 1.01. The summed E-state index contributed by atoms with van der Waals surface area (Å²) in [7, 11) is 1.42. The van der Waals surface area contributed by atoms with E-state index >= 15 is 0 Å². The van der Waals surface area contributed by atoms with Gasteiger partial charge in [-0.3, -0.25) is 0 Å². The van der Waals surface area contributed by atoms with E-state index in [1.54, 1.807) is 0 Å². The number of benzene rings is 1. The summed E-state index contributed by atoms with van der Waals surface area (Å²) in [5.41, 5.74) is 3.18. The Bertz CT molecular complexity index is 613. The summed E-state index contributed by atoms with van der Waals surface area (Å²) in [6.45, 7) is 1.81. The number of carbonyl (C=O) groups is 1. The maximum absolute atomic E-state index is 11.8. The summed E-state index contributed by atoms with van der Waals surface area (Å²) in [5, 5.41) is 0. The first-order valence-electron chi connectivity index (χ1n) is 7.91. The SMILES string of the molecule is COC(=O)/C(C)=C/[C@H]1C2=C(CCCC2)O[C@@H]1c1ccccc1. The van der Waals surface area contributed by atoms with E-state index < -0.39 is 0 Å². The zero-order chi connectivity index (χ0) is 15.5. The second kappa shape index (κ2) is 6.39. The third kappa shape index (κ3) is 2.80. The zero-order valence-corrected chi connectivity index (χ0v) is 13.2. The summed E-state index contributed by atoms with van der Waals surface area (Å²) in [6, 6.07) is 10.3. The predicted molar refractivity (Wildman–Crippen MR) is 85.0 cm³/mol. The topological polar surface area (TPSA) is 35.5 Å². The molecule has 1 aromatic rings. The lowest BCUT2D eigenvalue weighted by Gasteiger charge is -2.19. The number of hydrogen-bond acceptors (Lipinski definition) is 3. The Balaban J connectivity index is 1.95. The lowest BCUT2D eigenvalue weighted by atomic mass is 9.84. The van der Waals surface area contributed by atoms with Gasteiger partial charge in [0, 0.05) is 17.9 Å². The fourth-order valence-electron chi connectivity index (χ4n) is 3.40. The Hall–Kier alpha value is -2.03. The van der Waals surface area contributed by atoms with Crippen LogP contribution in [-0.2, 0) is 14.3 Å². The number of methoxy groups -OCH3 is 1. The number of hydrogen-bond donors (Lipinski definition) is 0. The lowest BCUT2D eigenvalue weighted by Crippen LogP contribution is -2.12. The first-order chi connectivity index (χ1) is 10.7. The number of ether oxygens (including phenoxy) is 2. The minimum atomic E-state index is -0.267. The van der Waals surface area contributed by atoms with E-state index in [-0.39, 0.29) is 18.0 Å². The molecule has 0 unspecified atom stereocenters. The van der Waals surface area contributed by atoms with Gasteiger partial charge in [0.05, 0.1) is 12.9 Å². The molecular weight excluding hydrogens is 276 g/mol. The van der Waals surface area contributed by atoms with Crippen molar-refractivity contribution in [1.29, 1.82) is 0 Å². The number of allylic oxidation sites excluding steroid dienone is 1. The molecule has 0 fully saturated rings. The highest BCUT2D eigenvalue weighted by molar-refractivity contribution is 5.87. The molecule has 116 valence electrons. The van der Waals surface area contributed by atoms with E-state index in [0.29, 0.717) is 5.57 Å². The van der Waals surface area contributed by atoms with Crippen LogP contribution in [0, 0.1) is 5.92 Å². The third-order valence-corrected chi connectivity index (χ3v) is 4.52. The Labute approximate surface area is 131 Å². The van der Waals surface area contributed by atoms with Crippen molar-refractivity contribution in [3.05, 3.63) is 58.9 Å². The van der Waals surface area contributed by atoms with Crippen LogP contribution >= 0.6 is 0 Å². The largest absolute Gasteiger partial charge is 0.489 e. The number of esters is 1. The molecule has 0 saturated heterocycles. The van der Waals surface area contributed by atoms with Crippen LogP contribution in [0.2, 0.25) is 0 Å². The predicted octanol–water partition coefficient (Wildman–Crippen LogP) is 4.32. The molecule has 2 atom stereocenters. The molecule has 3 heteroatoms. The third-order valence-electron chi connectivity index (χ3n) is 4.52. The summed E-state index contributed by atoms with van der Waals surface area (Å²) >= 11 is 0. The van der Waals surface area contributed by atoms with Crippen LogP contribution in [0.5, 0.6) is 0 Å². The molecule has 0 N–H and O–H groups in total. The molecule has 22 heavy (non-hydrogen) atoms. The van der Waals surface area contributed by atoms with Gasteiger partial charge in [0.25, 0.3) is 0 Å². The number of carbonyl (C=O) groups excluding carboxylic acids is 1. The van der Waals surface area contributed by atoms with Crippen molar-refractivity contribution in [2.24, 2.45) is 5.92 Å². The maximum atomic E-state index is 11.8. The smallest absolute Gasteiger partial charge is 0.333 e. The van der Waals surface area contributed by atoms with Gasteiger partial charge in [-0.05, 0) is 37.3 Å². The van der Waals surface area contributed by atoms with E-state index in [1.807, 2.05) is 31.2 Å². The van der Waals surface area contributed by atoms with Gasteiger partial charge in [0.2, 0.25) is 0 Å². The highest BCUT2D eigenvalue weighted by atomic mass is 16.5. The van der Waals surface area contributed by atoms with Crippen molar-refractivity contribution in [1.82, 2.24) is 0 Å². The van der Waals surface area contributed by atoms with Gasteiger partial charge >= 0.3 is 5.97 Å². The molecule has 3 nitrogen and oxygen atoms in total. The van der Waals surface area contributed by atoms with Crippen LogP contribution < -0.4 is 0 Å². The number of rotatable bonds is 3. The van der Waals surface area contributed by atoms with Gasteiger partial charge in [0.1, 0.15) is 6.10 Å². The van der Waals surface area contributed by atoms with Crippen LogP contribution in [0.15, 0.2) is 53.3 Å². The normalized spacial score (nSPS) is 24.7. The molecule has 1 aliphatic heterocycles. The van der Waals surface area contributed by atoms with Crippen molar-refractivity contribution < 1.29 is 14.3 Å². The molecule has 3 rings (SSSR count).